The fraction of sp³-hybridized carbons (Fsp3) is 1.00. The van der Waals surface area contributed by atoms with Crippen LogP contribution in [-0.2, 0) is 0 Å². The molecule has 1 rings (SSSR count). The number of nitrogens with zero attached hydrogens (tertiary/aromatic N) is 3. The highest BCUT2D eigenvalue weighted by atomic mass is 15.3. The Kier molecular flexibility index (Phi) is 5.53. The van der Waals surface area contributed by atoms with Crippen molar-refractivity contribution in [3.05, 3.63) is 0 Å². The average molecular weight is 214 g/mol. The summed E-state index contributed by atoms with van der Waals surface area (Å²) >= 11 is 0. The Hall–Kier alpha value is -0.160. The summed E-state index contributed by atoms with van der Waals surface area (Å²) in [4.78, 5) is 7.25. The highest BCUT2D eigenvalue weighted by Crippen LogP contribution is 2.01. The van der Waals surface area contributed by atoms with E-state index >= 15 is 0 Å². The van der Waals surface area contributed by atoms with Crippen molar-refractivity contribution in [3.63, 3.8) is 0 Å². The third-order valence-corrected chi connectivity index (χ3v) is 2.87. The molecule has 0 aliphatic carbocycles. The third-order valence-electron chi connectivity index (χ3n) is 2.87. The molecule has 4 heteroatoms. The monoisotopic (exact) mass is 214 g/mol. The van der Waals surface area contributed by atoms with E-state index < -0.39 is 0 Å². The van der Waals surface area contributed by atoms with Crippen LogP contribution < -0.4 is 5.73 Å². The Morgan fingerprint density at radius 3 is 2.13 bits per heavy atom. The Bertz CT molecular complexity index is 162. The second kappa shape index (κ2) is 6.43. The number of hydrogen-bond acceptors (Lipinski definition) is 4. The largest absolute Gasteiger partial charge is 0.327 e. The molecule has 90 valence electrons. The van der Waals surface area contributed by atoms with Crippen LogP contribution in [0, 0.1) is 0 Å². The molecule has 0 radical (unpaired) electrons. The van der Waals surface area contributed by atoms with E-state index in [2.05, 4.69) is 35.7 Å². The van der Waals surface area contributed by atoms with Gasteiger partial charge in [-0.3, -0.25) is 9.80 Å². The molecule has 0 aromatic rings. The van der Waals surface area contributed by atoms with Crippen LogP contribution in [0.1, 0.15) is 6.92 Å². The van der Waals surface area contributed by atoms with Crippen molar-refractivity contribution in [2.24, 2.45) is 5.73 Å². The van der Waals surface area contributed by atoms with Gasteiger partial charge in [0.15, 0.2) is 0 Å². The second-order valence-electron chi connectivity index (χ2n) is 4.92. The quantitative estimate of drug-likeness (QED) is 0.670. The molecular formula is C11H26N4. The van der Waals surface area contributed by atoms with Crippen molar-refractivity contribution in [1.82, 2.24) is 14.7 Å². The van der Waals surface area contributed by atoms with Crippen LogP contribution in [0.5, 0.6) is 0 Å². The number of rotatable bonds is 5. The maximum atomic E-state index is 5.79. The first-order chi connectivity index (χ1) is 7.08. The molecule has 4 nitrogen and oxygen atoms in total. The summed E-state index contributed by atoms with van der Waals surface area (Å²) in [6.07, 6.45) is 0. The molecule has 0 bridgehead atoms. The molecule has 1 fully saturated rings. The summed E-state index contributed by atoms with van der Waals surface area (Å²) < 4.78 is 0. The van der Waals surface area contributed by atoms with Gasteiger partial charge < -0.3 is 10.6 Å². The summed E-state index contributed by atoms with van der Waals surface area (Å²) in [5, 5.41) is 0. The van der Waals surface area contributed by atoms with Gasteiger partial charge in [-0.05, 0) is 21.0 Å². The van der Waals surface area contributed by atoms with Crippen LogP contribution >= 0.6 is 0 Å². The number of hydrogen-bond donors (Lipinski definition) is 1. The van der Waals surface area contributed by atoms with Gasteiger partial charge in [0.25, 0.3) is 0 Å². The lowest BCUT2D eigenvalue weighted by Gasteiger charge is -2.35. The summed E-state index contributed by atoms with van der Waals surface area (Å²) in [6, 6.07) is 0.304. The lowest BCUT2D eigenvalue weighted by Crippen LogP contribution is -2.50. The van der Waals surface area contributed by atoms with Gasteiger partial charge in [0.05, 0.1) is 0 Å². The van der Waals surface area contributed by atoms with Crippen molar-refractivity contribution in [2.75, 3.05) is 59.9 Å². The summed E-state index contributed by atoms with van der Waals surface area (Å²) in [5.41, 5.74) is 5.79. The fourth-order valence-electron chi connectivity index (χ4n) is 1.94. The fourth-order valence-corrected chi connectivity index (χ4v) is 1.94. The standard InChI is InChI=1S/C11H26N4/c1-11(12)10-15-8-6-14(7-9-15)5-4-13(2)3/h11H,4-10,12H2,1-3H3/t11-/m0/s1. The maximum Gasteiger partial charge on any atom is 0.0139 e. The van der Waals surface area contributed by atoms with Crippen LogP contribution in [0.4, 0.5) is 0 Å². The first-order valence-corrected chi connectivity index (χ1v) is 5.93. The summed E-state index contributed by atoms with van der Waals surface area (Å²) in [5.74, 6) is 0. The molecule has 1 aliphatic rings. The van der Waals surface area contributed by atoms with Crippen LogP contribution in [-0.4, -0.2) is 80.7 Å². The van der Waals surface area contributed by atoms with Gasteiger partial charge in [-0.25, -0.2) is 0 Å². The number of piperazine rings is 1. The zero-order valence-corrected chi connectivity index (χ0v) is 10.4. The van der Waals surface area contributed by atoms with E-state index in [1.807, 2.05) is 0 Å². The van der Waals surface area contributed by atoms with Gasteiger partial charge in [-0.15, -0.1) is 0 Å². The van der Waals surface area contributed by atoms with E-state index in [-0.39, 0.29) is 0 Å². The molecule has 0 amide bonds. The van der Waals surface area contributed by atoms with Gasteiger partial charge in [0.1, 0.15) is 0 Å². The zero-order chi connectivity index (χ0) is 11.3. The molecular weight excluding hydrogens is 188 g/mol. The highest BCUT2D eigenvalue weighted by Gasteiger charge is 2.16. The minimum atomic E-state index is 0.304. The average Bonchev–Trinajstić information content (AvgIpc) is 2.16. The van der Waals surface area contributed by atoms with Crippen molar-refractivity contribution in [3.8, 4) is 0 Å². The lowest BCUT2D eigenvalue weighted by atomic mass is 10.2. The van der Waals surface area contributed by atoms with E-state index in [1.165, 1.54) is 32.7 Å². The molecule has 0 unspecified atom stereocenters. The Labute approximate surface area is 94.0 Å². The van der Waals surface area contributed by atoms with Crippen molar-refractivity contribution >= 4 is 0 Å². The Morgan fingerprint density at radius 2 is 1.67 bits per heavy atom. The first kappa shape index (κ1) is 12.9. The van der Waals surface area contributed by atoms with E-state index in [0.29, 0.717) is 6.04 Å². The molecule has 1 atom stereocenters. The second-order valence-corrected chi connectivity index (χ2v) is 4.92. The summed E-state index contributed by atoms with van der Waals surface area (Å²) in [6.45, 7) is 10.2. The van der Waals surface area contributed by atoms with E-state index in [0.717, 1.165) is 13.1 Å². The molecule has 0 spiro atoms. The van der Waals surface area contributed by atoms with E-state index in [9.17, 15) is 0 Å². The SMILES string of the molecule is C[C@H](N)CN1CCN(CCN(C)C)CC1. The minimum Gasteiger partial charge on any atom is -0.327 e. The number of nitrogens with two attached hydrogens (primary N) is 1. The minimum absolute atomic E-state index is 0.304. The van der Waals surface area contributed by atoms with E-state index in [4.69, 9.17) is 5.73 Å². The summed E-state index contributed by atoms with van der Waals surface area (Å²) in [7, 11) is 4.26. The van der Waals surface area contributed by atoms with Crippen LogP contribution in [0.2, 0.25) is 0 Å². The predicted molar refractivity (Wildman–Crippen MR) is 65.1 cm³/mol. The normalized spacial score (nSPS) is 22.2. The molecule has 1 heterocycles. The first-order valence-electron chi connectivity index (χ1n) is 5.93. The van der Waals surface area contributed by atoms with Crippen LogP contribution in [0.3, 0.4) is 0 Å². The van der Waals surface area contributed by atoms with E-state index in [1.54, 1.807) is 0 Å². The topological polar surface area (TPSA) is 35.7 Å². The van der Waals surface area contributed by atoms with Crippen LogP contribution in [0.15, 0.2) is 0 Å². The smallest absolute Gasteiger partial charge is 0.0139 e. The molecule has 1 saturated heterocycles. The Balaban J connectivity index is 2.12. The Morgan fingerprint density at radius 1 is 1.13 bits per heavy atom. The molecule has 1 aliphatic heterocycles. The van der Waals surface area contributed by atoms with Crippen molar-refractivity contribution < 1.29 is 0 Å². The molecule has 0 saturated carbocycles. The van der Waals surface area contributed by atoms with Gasteiger partial charge in [-0.2, -0.15) is 0 Å². The van der Waals surface area contributed by atoms with Gasteiger partial charge >= 0.3 is 0 Å². The molecule has 0 aromatic carbocycles. The predicted octanol–water partition coefficient (Wildman–Crippen LogP) is -0.487. The molecule has 2 N–H and O–H groups in total. The van der Waals surface area contributed by atoms with Gasteiger partial charge in [0.2, 0.25) is 0 Å². The number of likely N-dealkylation sites (N-methyl/N-ethyl adjacent to an activating group) is 1. The van der Waals surface area contributed by atoms with Crippen molar-refractivity contribution in [1.29, 1.82) is 0 Å². The highest BCUT2D eigenvalue weighted by molar-refractivity contribution is 4.74. The lowest BCUT2D eigenvalue weighted by molar-refractivity contribution is 0.122. The zero-order valence-electron chi connectivity index (χ0n) is 10.4. The third kappa shape index (κ3) is 5.47. The molecule has 15 heavy (non-hydrogen) atoms. The maximum absolute atomic E-state index is 5.79. The molecule has 0 aromatic heterocycles. The van der Waals surface area contributed by atoms with Crippen molar-refractivity contribution in [2.45, 2.75) is 13.0 Å². The van der Waals surface area contributed by atoms with Gasteiger partial charge in [-0.1, -0.05) is 0 Å². The van der Waals surface area contributed by atoms with Gasteiger partial charge in [0, 0.05) is 51.9 Å². The van der Waals surface area contributed by atoms with Crippen LogP contribution in [0.25, 0.3) is 0 Å².